The minimum atomic E-state index is -0.778. The number of nitrogens with two attached hydrogens (primary N) is 2. The van der Waals surface area contributed by atoms with Crippen LogP contribution in [0.2, 0.25) is 0 Å². The third kappa shape index (κ3) is 4.89. The lowest BCUT2D eigenvalue weighted by atomic mass is 10.2. The number of nitrogens with one attached hydrogen (secondary N) is 2. The van der Waals surface area contributed by atoms with Gasteiger partial charge in [0.15, 0.2) is 0 Å². The Morgan fingerprint density at radius 1 is 1.55 bits per heavy atom. The van der Waals surface area contributed by atoms with Gasteiger partial charge in [-0.3, -0.25) is 4.79 Å². The van der Waals surface area contributed by atoms with Gasteiger partial charge in [-0.2, -0.15) is 0 Å². The molecule has 6 N–H and O–H groups in total. The molecule has 6 nitrogen and oxygen atoms in total. The fourth-order valence-corrected chi connectivity index (χ4v) is 0.551. The lowest BCUT2D eigenvalue weighted by Gasteiger charge is -2.08. The summed E-state index contributed by atoms with van der Waals surface area (Å²) in [5.74, 6) is -0.591. The minimum absolute atomic E-state index is 0.105. The summed E-state index contributed by atoms with van der Waals surface area (Å²) in [6.45, 7) is 0. The normalized spacial score (nSPS) is 11.6. The smallest absolute Gasteiger partial charge is 0.312 e. The van der Waals surface area contributed by atoms with Gasteiger partial charge in [0.2, 0.25) is 5.91 Å². The summed E-state index contributed by atoms with van der Waals surface area (Å²) >= 11 is 0. The van der Waals surface area contributed by atoms with Crippen LogP contribution in [-0.4, -0.2) is 24.2 Å². The molecule has 0 aliphatic carbocycles. The number of hydrogen-bond acceptors (Lipinski definition) is 3. The van der Waals surface area contributed by atoms with E-state index in [1.807, 2.05) is 0 Å². The highest BCUT2D eigenvalue weighted by molar-refractivity contribution is 5.83. The molecule has 11 heavy (non-hydrogen) atoms. The zero-order valence-corrected chi connectivity index (χ0v) is 5.83. The number of carbonyl (C=O) groups is 2. The third-order valence-corrected chi connectivity index (χ3v) is 0.950. The number of amides is 3. The van der Waals surface area contributed by atoms with Crippen LogP contribution in [0.4, 0.5) is 4.79 Å². The summed E-state index contributed by atoms with van der Waals surface area (Å²) in [4.78, 5) is 20.5. The molecule has 0 spiro atoms. The van der Waals surface area contributed by atoms with Crippen molar-refractivity contribution in [3.63, 3.8) is 0 Å². The molecule has 0 bridgehead atoms. The van der Waals surface area contributed by atoms with Gasteiger partial charge in [0.1, 0.15) is 0 Å². The SMILES string of the molecule is N=CC(CC(N)=O)NC(N)=O. The number of primary amides is 2. The second kappa shape index (κ2) is 4.26. The Morgan fingerprint density at radius 2 is 2.09 bits per heavy atom. The molecule has 0 heterocycles. The van der Waals surface area contributed by atoms with Crippen molar-refractivity contribution in [1.29, 1.82) is 5.41 Å². The Morgan fingerprint density at radius 3 is 2.36 bits per heavy atom. The Hall–Kier alpha value is -1.59. The molecule has 0 aliphatic rings. The molecular weight excluding hydrogens is 148 g/mol. The highest BCUT2D eigenvalue weighted by atomic mass is 16.2. The van der Waals surface area contributed by atoms with E-state index >= 15 is 0 Å². The molecule has 0 saturated carbocycles. The van der Waals surface area contributed by atoms with E-state index in [1.54, 1.807) is 0 Å². The summed E-state index contributed by atoms with van der Waals surface area (Å²) in [6.07, 6.45) is 0.794. The second-order valence-corrected chi connectivity index (χ2v) is 1.95. The summed E-state index contributed by atoms with van der Waals surface area (Å²) in [7, 11) is 0. The third-order valence-electron chi connectivity index (χ3n) is 0.950. The van der Waals surface area contributed by atoms with Gasteiger partial charge in [0.05, 0.1) is 12.5 Å². The molecule has 0 aliphatic heterocycles. The van der Waals surface area contributed by atoms with Crippen LogP contribution in [0.5, 0.6) is 0 Å². The van der Waals surface area contributed by atoms with Gasteiger partial charge in [-0.25, -0.2) is 4.79 Å². The average molecular weight is 158 g/mol. The number of rotatable bonds is 4. The van der Waals surface area contributed by atoms with Gasteiger partial charge in [-0.1, -0.05) is 0 Å². The van der Waals surface area contributed by atoms with Crippen molar-refractivity contribution < 1.29 is 9.59 Å². The maximum atomic E-state index is 10.3. The van der Waals surface area contributed by atoms with E-state index in [0.29, 0.717) is 0 Å². The van der Waals surface area contributed by atoms with Crippen LogP contribution < -0.4 is 16.8 Å². The molecule has 3 amide bonds. The van der Waals surface area contributed by atoms with Crippen LogP contribution in [0.1, 0.15) is 6.42 Å². The summed E-state index contributed by atoms with van der Waals surface area (Å²) in [6, 6.07) is -1.47. The van der Waals surface area contributed by atoms with Gasteiger partial charge in [0.25, 0.3) is 0 Å². The first-order valence-electron chi connectivity index (χ1n) is 2.91. The first kappa shape index (κ1) is 9.41. The van der Waals surface area contributed by atoms with Crippen molar-refractivity contribution in [2.45, 2.75) is 12.5 Å². The Bertz CT molecular complexity index is 163. The van der Waals surface area contributed by atoms with Crippen molar-refractivity contribution in [3.05, 3.63) is 0 Å². The minimum Gasteiger partial charge on any atom is -0.370 e. The zero-order chi connectivity index (χ0) is 8.85. The number of urea groups is 1. The van der Waals surface area contributed by atoms with E-state index in [-0.39, 0.29) is 6.42 Å². The molecule has 62 valence electrons. The Kier molecular flexibility index (Phi) is 3.65. The molecular formula is C5H10N4O2. The van der Waals surface area contributed by atoms with E-state index in [0.717, 1.165) is 6.21 Å². The monoisotopic (exact) mass is 158 g/mol. The Balaban J connectivity index is 3.85. The van der Waals surface area contributed by atoms with Gasteiger partial charge in [0, 0.05) is 6.21 Å². The van der Waals surface area contributed by atoms with Crippen molar-refractivity contribution >= 4 is 18.2 Å². The topological polar surface area (TPSA) is 122 Å². The van der Waals surface area contributed by atoms with Crippen LogP contribution >= 0.6 is 0 Å². The van der Waals surface area contributed by atoms with Crippen LogP contribution in [0.15, 0.2) is 0 Å². The lowest BCUT2D eigenvalue weighted by molar-refractivity contribution is -0.118. The highest BCUT2D eigenvalue weighted by Gasteiger charge is 2.09. The van der Waals surface area contributed by atoms with Gasteiger partial charge >= 0.3 is 6.03 Å². The van der Waals surface area contributed by atoms with E-state index in [4.69, 9.17) is 16.9 Å². The number of carbonyl (C=O) groups excluding carboxylic acids is 2. The van der Waals surface area contributed by atoms with E-state index in [1.165, 1.54) is 0 Å². The molecule has 0 rings (SSSR count). The molecule has 0 aromatic carbocycles. The average Bonchev–Trinajstić information content (AvgIpc) is 1.84. The van der Waals surface area contributed by atoms with Crippen LogP contribution in [0.25, 0.3) is 0 Å². The molecule has 1 unspecified atom stereocenters. The molecule has 0 fully saturated rings. The van der Waals surface area contributed by atoms with E-state index in [9.17, 15) is 9.59 Å². The summed E-state index contributed by atoms with van der Waals surface area (Å²) in [5, 5.41) is 8.90. The van der Waals surface area contributed by atoms with Crippen molar-refractivity contribution in [2.24, 2.45) is 11.5 Å². The molecule has 0 saturated heterocycles. The van der Waals surface area contributed by atoms with Crippen molar-refractivity contribution in [3.8, 4) is 0 Å². The van der Waals surface area contributed by atoms with Crippen molar-refractivity contribution in [2.75, 3.05) is 0 Å². The standard InChI is InChI=1S/C5H10N4O2/c6-2-3(1-4(7)10)9-5(8)11/h2-3,6H,1H2,(H2,7,10)(H3,8,9,11). The first-order valence-corrected chi connectivity index (χ1v) is 2.91. The molecule has 0 aromatic rings. The predicted molar refractivity (Wildman–Crippen MR) is 39.1 cm³/mol. The zero-order valence-electron chi connectivity index (χ0n) is 5.83. The number of hydrogen-bond donors (Lipinski definition) is 4. The highest BCUT2D eigenvalue weighted by Crippen LogP contribution is 1.85. The maximum Gasteiger partial charge on any atom is 0.312 e. The summed E-state index contributed by atoms with van der Waals surface area (Å²) < 4.78 is 0. The molecule has 6 heteroatoms. The predicted octanol–water partition coefficient (Wildman–Crippen LogP) is -1.45. The van der Waals surface area contributed by atoms with Gasteiger partial charge < -0.3 is 22.2 Å². The van der Waals surface area contributed by atoms with E-state index < -0.39 is 18.0 Å². The quantitative estimate of drug-likeness (QED) is 0.374. The first-order chi connectivity index (χ1) is 5.06. The second-order valence-electron chi connectivity index (χ2n) is 1.95. The Labute approximate surface area is 63.4 Å². The molecule has 0 aromatic heterocycles. The van der Waals surface area contributed by atoms with E-state index in [2.05, 4.69) is 5.32 Å². The van der Waals surface area contributed by atoms with Crippen LogP contribution in [-0.2, 0) is 4.79 Å². The van der Waals surface area contributed by atoms with Crippen LogP contribution in [0, 0.1) is 5.41 Å². The maximum absolute atomic E-state index is 10.3. The summed E-state index contributed by atoms with van der Waals surface area (Å²) in [5.41, 5.74) is 9.55. The molecule has 1 atom stereocenters. The van der Waals surface area contributed by atoms with Gasteiger partial charge in [-0.15, -0.1) is 0 Å². The largest absolute Gasteiger partial charge is 0.370 e. The van der Waals surface area contributed by atoms with Crippen molar-refractivity contribution in [1.82, 2.24) is 5.32 Å². The van der Waals surface area contributed by atoms with Gasteiger partial charge in [-0.05, 0) is 0 Å². The fraction of sp³-hybridized carbons (Fsp3) is 0.400. The molecule has 0 radical (unpaired) electrons. The van der Waals surface area contributed by atoms with Crippen LogP contribution in [0.3, 0.4) is 0 Å². The lowest BCUT2D eigenvalue weighted by Crippen LogP contribution is -2.41. The fourth-order valence-electron chi connectivity index (χ4n) is 0.551.